The Morgan fingerprint density at radius 2 is 1.85 bits per heavy atom. The number of benzene rings is 3. The lowest BCUT2D eigenvalue weighted by Crippen LogP contribution is -2.35. The van der Waals surface area contributed by atoms with E-state index in [1.54, 1.807) is 43.5 Å². The molecule has 0 saturated carbocycles. The van der Waals surface area contributed by atoms with E-state index in [9.17, 15) is 13.2 Å². The highest BCUT2D eigenvalue weighted by Gasteiger charge is 2.24. The molecule has 1 aliphatic rings. The van der Waals surface area contributed by atoms with Gasteiger partial charge in [-0.15, -0.1) is 0 Å². The normalized spacial score (nSPS) is 15.2. The van der Waals surface area contributed by atoms with Gasteiger partial charge in [0.05, 0.1) is 24.3 Å². The first-order chi connectivity index (χ1) is 15.9. The molecule has 1 amide bonds. The van der Waals surface area contributed by atoms with E-state index in [0.717, 1.165) is 17.7 Å². The number of amides is 1. The first-order valence-corrected chi connectivity index (χ1v) is 12.0. The van der Waals surface area contributed by atoms with E-state index >= 15 is 0 Å². The van der Waals surface area contributed by atoms with Crippen molar-refractivity contribution in [1.82, 2.24) is 5.32 Å². The number of anilines is 1. The highest BCUT2D eigenvalue weighted by Crippen LogP contribution is 2.27. The highest BCUT2D eigenvalue weighted by atomic mass is 32.2. The lowest BCUT2D eigenvalue weighted by atomic mass is 9.96. The molecular weight excluding hydrogens is 440 g/mol. The van der Waals surface area contributed by atoms with Crippen LogP contribution in [0, 0.1) is 5.92 Å². The maximum atomic E-state index is 13.1. The zero-order chi connectivity index (χ0) is 23.4. The number of carbonyl (C=O) groups is 1. The van der Waals surface area contributed by atoms with Gasteiger partial charge in [-0.3, -0.25) is 9.10 Å². The summed E-state index contributed by atoms with van der Waals surface area (Å²) in [6, 6.07) is 20.7. The molecule has 1 heterocycles. The molecule has 33 heavy (non-hydrogen) atoms. The Balaban J connectivity index is 1.43. The molecule has 0 unspecified atom stereocenters. The van der Waals surface area contributed by atoms with Crippen LogP contribution < -0.4 is 19.1 Å². The van der Waals surface area contributed by atoms with E-state index in [2.05, 4.69) is 5.32 Å². The molecular formula is C25H26N2O5S. The van der Waals surface area contributed by atoms with Crippen LogP contribution in [0.25, 0.3) is 0 Å². The Hall–Kier alpha value is -3.52. The van der Waals surface area contributed by atoms with Gasteiger partial charge in [0.15, 0.2) is 0 Å². The average Bonchev–Trinajstić information content (AvgIpc) is 2.86. The molecule has 4 rings (SSSR count). The van der Waals surface area contributed by atoms with Crippen molar-refractivity contribution in [3.63, 3.8) is 0 Å². The Kier molecular flexibility index (Phi) is 6.55. The minimum absolute atomic E-state index is 0.0448. The maximum absolute atomic E-state index is 13.1. The minimum Gasteiger partial charge on any atom is -0.497 e. The lowest BCUT2D eigenvalue weighted by molar-refractivity contribution is 0.0939. The number of rotatable bonds is 7. The first kappa shape index (κ1) is 22.7. The fourth-order valence-corrected chi connectivity index (χ4v) is 4.99. The van der Waals surface area contributed by atoms with Crippen LogP contribution in [-0.4, -0.2) is 41.6 Å². The molecule has 0 fully saturated rings. The van der Waals surface area contributed by atoms with Gasteiger partial charge in [-0.1, -0.05) is 24.3 Å². The molecule has 0 aromatic heterocycles. The second kappa shape index (κ2) is 9.54. The number of methoxy groups -OCH3 is 1. The van der Waals surface area contributed by atoms with Crippen molar-refractivity contribution in [1.29, 1.82) is 0 Å². The number of fused-ring (bicyclic) bond motifs is 1. The van der Waals surface area contributed by atoms with Gasteiger partial charge in [-0.2, -0.15) is 0 Å². The number of ether oxygens (including phenoxy) is 2. The molecule has 8 heteroatoms. The summed E-state index contributed by atoms with van der Waals surface area (Å²) in [5.41, 5.74) is 1.90. The number of carbonyl (C=O) groups excluding carboxylic acids is 1. The summed E-state index contributed by atoms with van der Waals surface area (Å²) in [5, 5.41) is 2.91. The van der Waals surface area contributed by atoms with Crippen LogP contribution >= 0.6 is 0 Å². The molecule has 7 nitrogen and oxygen atoms in total. The lowest BCUT2D eigenvalue weighted by Gasteiger charge is -2.25. The Morgan fingerprint density at radius 1 is 1.09 bits per heavy atom. The highest BCUT2D eigenvalue weighted by molar-refractivity contribution is 7.92. The van der Waals surface area contributed by atoms with Gasteiger partial charge in [0.25, 0.3) is 15.9 Å². The van der Waals surface area contributed by atoms with E-state index in [4.69, 9.17) is 9.47 Å². The van der Waals surface area contributed by atoms with Gasteiger partial charge in [0.1, 0.15) is 11.5 Å². The summed E-state index contributed by atoms with van der Waals surface area (Å²) in [4.78, 5) is 12.8. The van der Waals surface area contributed by atoms with Gasteiger partial charge in [0, 0.05) is 25.1 Å². The molecule has 172 valence electrons. The molecule has 1 N–H and O–H groups in total. The van der Waals surface area contributed by atoms with Crippen molar-refractivity contribution >= 4 is 21.6 Å². The van der Waals surface area contributed by atoms with Crippen LogP contribution in [0.2, 0.25) is 0 Å². The molecule has 0 bridgehead atoms. The van der Waals surface area contributed by atoms with Gasteiger partial charge in [-0.05, 0) is 60.5 Å². The fraction of sp³-hybridized carbons (Fsp3) is 0.240. The van der Waals surface area contributed by atoms with Crippen molar-refractivity contribution in [3.8, 4) is 11.5 Å². The van der Waals surface area contributed by atoms with Gasteiger partial charge in [-0.25, -0.2) is 8.42 Å². The molecule has 1 aliphatic heterocycles. The third kappa shape index (κ3) is 4.96. The fourth-order valence-electron chi connectivity index (χ4n) is 3.75. The van der Waals surface area contributed by atoms with Crippen LogP contribution in [0.15, 0.2) is 77.7 Å². The van der Waals surface area contributed by atoms with E-state index in [-0.39, 0.29) is 22.3 Å². The SMILES string of the molecule is COc1ccc(N(C)S(=O)(=O)c2cccc(C(=O)NC[C@@H]3COc4ccccc4C3)c2)cc1. The standard InChI is InChI=1S/C25H26N2O5S/c1-27(21-10-12-22(31-2)13-11-21)33(29,30)23-8-5-7-20(15-23)25(28)26-16-18-14-19-6-3-4-9-24(19)32-17-18/h3-13,15,18H,14,16-17H2,1-2H3,(H,26,28)/t18-/m1/s1. The predicted molar refractivity (Wildman–Crippen MR) is 126 cm³/mol. The second-order valence-corrected chi connectivity index (χ2v) is 9.87. The molecule has 0 spiro atoms. The molecule has 0 radical (unpaired) electrons. The van der Waals surface area contributed by atoms with Crippen molar-refractivity contribution in [2.45, 2.75) is 11.3 Å². The number of nitrogens with zero attached hydrogens (tertiary/aromatic N) is 1. The van der Waals surface area contributed by atoms with Crippen LogP contribution in [-0.2, 0) is 16.4 Å². The summed E-state index contributed by atoms with van der Waals surface area (Å²) in [6.07, 6.45) is 0.817. The Morgan fingerprint density at radius 3 is 2.61 bits per heavy atom. The number of nitrogens with one attached hydrogen (secondary N) is 1. The number of sulfonamides is 1. The minimum atomic E-state index is -3.84. The molecule has 3 aromatic carbocycles. The van der Waals surface area contributed by atoms with E-state index in [0.29, 0.717) is 24.6 Å². The van der Waals surface area contributed by atoms with Crippen LogP contribution in [0.3, 0.4) is 0 Å². The van der Waals surface area contributed by atoms with Crippen LogP contribution in [0.4, 0.5) is 5.69 Å². The number of hydrogen-bond acceptors (Lipinski definition) is 5. The van der Waals surface area contributed by atoms with Crippen molar-refractivity contribution < 1.29 is 22.7 Å². The van der Waals surface area contributed by atoms with E-state index < -0.39 is 10.0 Å². The van der Waals surface area contributed by atoms with E-state index in [1.165, 1.54) is 23.5 Å². The predicted octanol–water partition coefficient (Wildman–Crippen LogP) is 3.50. The van der Waals surface area contributed by atoms with Crippen molar-refractivity contribution in [2.24, 2.45) is 5.92 Å². The Labute approximate surface area is 194 Å². The summed E-state index contributed by atoms with van der Waals surface area (Å²) < 4.78 is 38.3. The van der Waals surface area contributed by atoms with Crippen LogP contribution in [0.1, 0.15) is 15.9 Å². The smallest absolute Gasteiger partial charge is 0.264 e. The van der Waals surface area contributed by atoms with Crippen molar-refractivity contribution in [2.75, 3.05) is 31.6 Å². The molecule has 1 atom stereocenters. The summed E-state index contributed by atoms with van der Waals surface area (Å²) in [7, 11) is -0.819. The number of hydrogen-bond donors (Lipinski definition) is 1. The quantitative estimate of drug-likeness (QED) is 0.576. The third-order valence-electron chi connectivity index (χ3n) is 5.70. The number of para-hydroxylation sites is 1. The third-order valence-corrected chi connectivity index (χ3v) is 7.48. The summed E-state index contributed by atoms with van der Waals surface area (Å²) >= 11 is 0. The largest absolute Gasteiger partial charge is 0.497 e. The summed E-state index contributed by atoms with van der Waals surface area (Å²) in [6.45, 7) is 0.967. The Bertz CT molecular complexity index is 1240. The van der Waals surface area contributed by atoms with Crippen LogP contribution in [0.5, 0.6) is 11.5 Å². The van der Waals surface area contributed by atoms with Gasteiger partial charge in [0.2, 0.25) is 0 Å². The molecule has 0 saturated heterocycles. The molecule has 0 aliphatic carbocycles. The second-order valence-electron chi connectivity index (χ2n) is 7.90. The van der Waals surface area contributed by atoms with Gasteiger partial charge >= 0.3 is 0 Å². The molecule has 3 aromatic rings. The van der Waals surface area contributed by atoms with E-state index in [1.807, 2.05) is 24.3 Å². The van der Waals surface area contributed by atoms with Gasteiger partial charge < -0.3 is 14.8 Å². The topological polar surface area (TPSA) is 84.9 Å². The van der Waals surface area contributed by atoms with Crippen molar-refractivity contribution in [3.05, 3.63) is 83.9 Å². The zero-order valence-electron chi connectivity index (χ0n) is 18.5. The first-order valence-electron chi connectivity index (χ1n) is 10.6. The average molecular weight is 467 g/mol. The summed E-state index contributed by atoms with van der Waals surface area (Å²) in [5.74, 6) is 1.35. The maximum Gasteiger partial charge on any atom is 0.264 e. The zero-order valence-corrected chi connectivity index (χ0v) is 19.3. The monoisotopic (exact) mass is 466 g/mol.